The standard InChI is InChI=1S/C19H22N2O3S/c1-10-18(25-11(2)20-10)19(23)21-17(14-8-15(22)9-14)13-3-4-16-12(7-13)5-6-24-16/h3-4,7,14-15,17,22H,5-6,8-9H2,1-2H3,(H,21,23). The molecule has 1 aromatic carbocycles. The van der Waals surface area contributed by atoms with E-state index < -0.39 is 0 Å². The first-order valence-electron chi connectivity index (χ1n) is 8.70. The van der Waals surface area contributed by atoms with E-state index in [2.05, 4.69) is 16.4 Å². The Morgan fingerprint density at radius 1 is 1.40 bits per heavy atom. The van der Waals surface area contributed by atoms with Crippen molar-refractivity contribution < 1.29 is 14.6 Å². The second-order valence-electron chi connectivity index (χ2n) is 6.95. The van der Waals surface area contributed by atoms with Crippen molar-refractivity contribution in [3.63, 3.8) is 0 Å². The van der Waals surface area contributed by atoms with Gasteiger partial charge in [0.15, 0.2) is 0 Å². The van der Waals surface area contributed by atoms with Gasteiger partial charge in [0, 0.05) is 6.42 Å². The van der Waals surface area contributed by atoms with Crippen LogP contribution in [0.1, 0.15) is 50.4 Å². The van der Waals surface area contributed by atoms with Crippen LogP contribution in [-0.2, 0) is 6.42 Å². The number of carbonyl (C=O) groups excluding carboxylic acids is 1. The lowest BCUT2D eigenvalue weighted by atomic mass is 9.75. The minimum absolute atomic E-state index is 0.0776. The molecule has 1 unspecified atom stereocenters. The van der Waals surface area contributed by atoms with Gasteiger partial charge >= 0.3 is 0 Å². The molecule has 1 atom stereocenters. The van der Waals surface area contributed by atoms with E-state index in [4.69, 9.17) is 4.74 Å². The smallest absolute Gasteiger partial charge is 0.263 e. The number of hydrogen-bond donors (Lipinski definition) is 2. The first-order chi connectivity index (χ1) is 12.0. The van der Waals surface area contributed by atoms with Gasteiger partial charge in [-0.1, -0.05) is 6.07 Å². The van der Waals surface area contributed by atoms with Crippen LogP contribution in [0, 0.1) is 19.8 Å². The summed E-state index contributed by atoms with van der Waals surface area (Å²) in [5.74, 6) is 1.12. The number of aromatic nitrogens is 1. The molecule has 0 bridgehead atoms. The predicted molar refractivity (Wildman–Crippen MR) is 96.2 cm³/mol. The Morgan fingerprint density at radius 3 is 2.88 bits per heavy atom. The Morgan fingerprint density at radius 2 is 2.20 bits per heavy atom. The Kier molecular flexibility index (Phi) is 4.25. The molecule has 0 saturated heterocycles. The van der Waals surface area contributed by atoms with Crippen molar-refractivity contribution in [3.05, 3.63) is 44.9 Å². The van der Waals surface area contributed by atoms with Gasteiger partial charge in [0.25, 0.3) is 5.91 Å². The van der Waals surface area contributed by atoms with E-state index in [0.29, 0.717) is 4.88 Å². The lowest BCUT2D eigenvalue weighted by molar-refractivity contribution is 0.0235. The highest BCUT2D eigenvalue weighted by molar-refractivity contribution is 7.13. The number of fused-ring (bicyclic) bond motifs is 1. The third-order valence-electron chi connectivity index (χ3n) is 5.09. The molecule has 2 heterocycles. The molecule has 6 heteroatoms. The third kappa shape index (κ3) is 3.16. The van der Waals surface area contributed by atoms with Crippen molar-refractivity contribution in [2.75, 3.05) is 6.61 Å². The highest BCUT2D eigenvalue weighted by Crippen LogP contribution is 2.40. The van der Waals surface area contributed by atoms with Gasteiger partial charge in [0.05, 0.1) is 29.5 Å². The Labute approximate surface area is 151 Å². The number of nitrogens with zero attached hydrogens (tertiary/aromatic N) is 1. The quantitative estimate of drug-likeness (QED) is 0.881. The van der Waals surface area contributed by atoms with Gasteiger partial charge in [-0.15, -0.1) is 11.3 Å². The molecule has 25 heavy (non-hydrogen) atoms. The van der Waals surface area contributed by atoms with Crippen molar-refractivity contribution in [2.24, 2.45) is 5.92 Å². The average molecular weight is 358 g/mol. The molecule has 0 radical (unpaired) electrons. The minimum atomic E-state index is -0.255. The van der Waals surface area contributed by atoms with Crippen LogP contribution in [0.25, 0.3) is 0 Å². The molecule has 5 nitrogen and oxygen atoms in total. The minimum Gasteiger partial charge on any atom is -0.493 e. The van der Waals surface area contributed by atoms with Crippen LogP contribution in [0.5, 0.6) is 5.75 Å². The summed E-state index contributed by atoms with van der Waals surface area (Å²) >= 11 is 1.43. The molecule has 2 aromatic rings. The molecule has 132 valence electrons. The number of aryl methyl sites for hydroxylation is 2. The van der Waals surface area contributed by atoms with E-state index in [9.17, 15) is 9.90 Å². The van der Waals surface area contributed by atoms with E-state index in [-0.39, 0.29) is 24.0 Å². The number of benzene rings is 1. The predicted octanol–water partition coefficient (Wildman–Crippen LogP) is 2.94. The van der Waals surface area contributed by atoms with Gasteiger partial charge in [-0.2, -0.15) is 0 Å². The summed E-state index contributed by atoms with van der Waals surface area (Å²) in [6, 6.07) is 6.07. The maximum absolute atomic E-state index is 12.8. The SMILES string of the molecule is Cc1nc(C)c(C(=O)NC(c2ccc3c(c2)CCO3)C2CC(O)C2)s1. The second-order valence-corrected chi connectivity index (χ2v) is 8.15. The molecule has 1 aliphatic heterocycles. The van der Waals surface area contributed by atoms with Crippen LogP contribution >= 0.6 is 11.3 Å². The molecule has 0 spiro atoms. The zero-order chi connectivity index (χ0) is 17.6. The third-order valence-corrected chi connectivity index (χ3v) is 6.16. The largest absolute Gasteiger partial charge is 0.493 e. The van der Waals surface area contributed by atoms with Crippen molar-refractivity contribution in [2.45, 2.75) is 45.3 Å². The number of rotatable bonds is 4. The zero-order valence-electron chi connectivity index (χ0n) is 14.4. The Hall–Kier alpha value is -1.92. The summed E-state index contributed by atoms with van der Waals surface area (Å²) in [6.45, 7) is 4.50. The van der Waals surface area contributed by atoms with Crippen molar-refractivity contribution >= 4 is 17.2 Å². The molecule has 1 amide bonds. The highest BCUT2D eigenvalue weighted by Gasteiger charge is 2.36. The highest BCUT2D eigenvalue weighted by atomic mass is 32.1. The summed E-state index contributed by atoms with van der Waals surface area (Å²) in [5, 5.41) is 13.8. The summed E-state index contributed by atoms with van der Waals surface area (Å²) in [6.07, 6.45) is 2.09. The van der Waals surface area contributed by atoms with Crippen LogP contribution in [-0.4, -0.2) is 28.7 Å². The summed E-state index contributed by atoms with van der Waals surface area (Å²) in [5.41, 5.74) is 3.06. The van der Waals surface area contributed by atoms with Gasteiger partial charge < -0.3 is 15.2 Å². The number of ether oxygens (including phenoxy) is 1. The number of nitrogens with one attached hydrogen (secondary N) is 1. The Bertz CT molecular complexity index is 811. The maximum Gasteiger partial charge on any atom is 0.263 e. The average Bonchev–Trinajstić information content (AvgIpc) is 3.14. The van der Waals surface area contributed by atoms with Crippen molar-refractivity contribution in [3.8, 4) is 5.75 Å². The number of aliphatic hydroxyl groups excluding tert-OH is 1. The fourth-order valence-electron chi connectivity index (χ4n) is 3.72. The lowest BCUT2D eigenvalue weighted by Crippen LogP contribution is -2.41. The topological polar surface area (TPSA) is 71.5 Å². The van der Waals surface area contributed by atoms with Gasteiger partial charge in [-0.25, -0.2) is 4.98 Å². The number of carbonyl (C=O) groups is 1. The monoisotopic (exact) mass is 358 g/mol. The fraction of sp³-hybridized carbons (Fsp3) is 0.474. The molecular weight excluding hydrogens is 336 g/mol. The molecule has 1 saturated carbocycles. The van der Waals surface area contributed by atoms with Crippen LogP contribution in [0.4, 0.5) is 0 Å². The van der Waals surface area contributed by atoms with Gasteiger partial charge in [0.2, 0.25) is 0 Å². The number of thiazole rings is 1. The summed E-state index contributed by atoms with van der Waals surface area (Å²) in [7, 11) is 0. The lowest BCUT2D eigenvalue weighted by Gasteiger charge is -2.38. The molecule has 2 aliphatic rings. The fourth-order valence-corrected chi connectivity index (χ4v) is 4.55. The number of hydrogen-bond acceptors (Lipinski definition) is 5. The van der Waals surface area contributed by atoms with Gasteiger partial charge in [-0.3, -0.25) is 4.79 Å². The van der Waals surface area contributed by atoms with Gasteiger partial charge in [-0.05, 0) is 55.9 Å². The Balaban J connectivity index is 1.60. The van der Waals surface area contributed by atoms with E-state index in [1.165, 1.54) is 16.9 Å². The maximum atomic E-state index is 12.8. The molecule has 1 fully saturated rings. The van der Waals surface area contributed by atoms with E-state index in [1.807, 2.05) is 26.0 Å². The zero-order valence-corrected chi connectivity index (χ0v) is 15.2. The first-order valence-corrected chi connectivity index (χ1v) is 9.51. The van der Waals surface area contributed by atoms with Crippen LogP contribution in [0.3, 0.4) is 0 Å². The molecule has 2 N–H and O–H groups in total. The summed E-state index contributed by atoms with van der Waals surface area (Å²) in [4.78, 5) is 17.8. The molecule has 1 aromatic heterocycles. The second kappa shape index (κ2) is 6.42. The van der Waals surface area contributed by atoms with Crippen molar-refractivity contribution in [1.82, 2.24) is 10.3 Å². The summed E-state index contributed by atoms with van der Waals surface area (Å²) < 4.78 is 5.59. The van der Waals surface area contributed by atoms with Gasteiger partial charge in [0.1, 0.15) is 10.6 Å². The van der Waals surface area contributed by atoms with Crippen molar-refractivity contribution in [1.29, 1.82) is 0 Å². The molecule has 1 aliphatic carbocycles. The number of aliphatic hydroxyl groups is 1. The van der Waals surface area contributed by atoms with Crippen LogP contribution < -0.4 is 10.1 Å². The van der Waals surface area contributed by atoms with Crippen LogP contribution in [0.2, 0.25) is 0 Å². The number of amides is 1. The molecule has 4 rings (SSSR count). The van der Waals surface area contributed by atoms with Crippen LogP contribution in [0.15, 0.2) is 18.2 Å². The van der Waals surface area contributed by atoms with E-state index in [1.54, 1.807) is 0 Å². The van der Waals surface area contributed by atoms with E-state index >= 15 is 0 Å². The normalized spacial score (nSPS) is 22.7. The first kappa shape index (κ1) is 16.5. The van der Waals surface area contributed by atoms with E-state index in [0.717, 1.165) is 47.9 Å². The molecular formula is C19H22N2O3S.